The van der Waals surface area contributed by atoms with Gasteiger partial charge < -0.3 is 5.32 Å². The number of hydrogen-bond donors (Lipinski definition) is 4. The number of likely N-dealkylation sites (N-methyl/N-ethyl adjacent to an activating group) is 1. The van der Waals surface area contributed by atoms with E-state index in [0.717, 1.165) is 38.6 Å². The number of carbonyl (C=O) groups is 5. The number of thiophene rings is 1. The summed E-state index contributed by atoms with van der Waals surface area (Å²) >= 11 is 7.82. The summed E-state index contributed by atoms with van der Waals surface area (Å²) in [5.74, 6) is -0.263. The first-order valence-electron chi connectivity index (χ1n) is 17.2. The number of nitrogens with zero attached hydrogens (tertiary/aromatic N) is 5. The van der Waals surface area contributed by atoms with Crippen molar-refractivity contribution in [3.05, 3.63) is 91.8 Å². The number of nitrogens with one attached hydrogen (secondary N) is 4. The first-order valence-corrected chi connectivity index (χ1v) is 18.4. The fourth-order valence-electron chi connectivity index (χ4n) is 6.55. The minimum Gasteiger partial charge on any atom is -0.385 e. The van der Waals surface area contributed by atoms with E-state index in [9.17, 15) is 24.0 Å². The molecule has 2 atom stereocenters. The standard InChI is InChI=1S/C37H40ClN9O5S/c1-20-21(2)53-37-33(20)34(23-10-12-25(38)13-11-23)40-28(35-45-42-22(3)47(35)37)17-32(51)44-43-31(50)9-6-16-39-27-8-5-7-24(19-48)26(27)18-46(4)29-14-15-30(49)41-36(29)52/h5,7-8,10-13,19,28-29,39H,6,9,14-18H2,1-4H3,(H,43,50)(H,44,51)(H,41,49,52)/t28-,29?/m0/s1. The highest BCUT2D eigenvalue weighted by atomic mass is 35.5. The average Bonchev–Trinajstić information content (AvgIpc) is 3.61. The molecule has 2 aliphatic heterocycles. The van der Waals surface area contributed by atoms with E-state index >= 15 is 0 Å². The van der Waals surface area contributed by atoms with Gasteiger partial charge in [0.1, 0.15) is 23.2 Å². The van der Waals surface area contributed by atoms with Crippen LogP contribution in [0.3, 0.4) is 0 Å². The summed E-state index contributed by atoms with van der Waals surface area (Å²) in [5, 5.41) is 15.9. The van der Waals surface area contributed by atoms with Gasteiger partial charge in [0.05, 0.1) is 18.2 Å². The molecule has 4 amide bonds. The van der Waals surface area contributed by atoms with E-state index in [0.29, 0.717) is 59.4 Å². The number of aliphatic imine (C=N–C) groups is 1. The summed E-state index contributed by atoms with van der Waals surface area (Å²) in [6.07, 6.45) is 1.86. The third-order valence-corrected chi connectivity index (χ3v) is 10.9. The van der Waals surface area contributed by atoms with E-state index in [4.69, 9.17) is 16.6 Å². The predicted octanol–water partition coefficient (Wildman–Crippen LogP) is 4.28. The quantitative estimate of drug-likeness (QED) is 0.0711. The third kappa shape index (κ3) is 8.22. The number of imide groups is 1. The number of carbonyl (C=O) groups excluding carboxylic acids is 5. The fourth-order valence-corrected chi connectivity index (χ4v) is 7.89. The number of piperidine rings is 1. The monoisotopic (exact) mass is 757 g/mol. The molecule has 16 heteroatoms. The fraction of sp³-hybridized carbons (Fsp3) is 0.351. The molecule has 0 radical (unpaired) electrons. The van der Waals surface area contributed by atoms with Crippen molar-refractivity contribution in [2.75, 3.05) is 18.9 Å². The molecule has 4 aromatic rings. The molecule has 1 saturated heterocycles. The van der Waals surface area contributed by atoms with Gasteiger partial charge in [0, 0.05) is 58.2 Å². The van der Waals surface area contributed by atoms with Gasteiger partial charge >= 0.3 is 0 Å². The van der Waals surface area contributed by atoms with Crippen LogP contribution in [0.15, 0.2) is 47.5 Å². The van der Waals surface area contributed by atoms with Crippen LogP contribution < -0.4 is 21.5 Å². The van der Waals surface area contributed by atoms with Crippen molar-refractivity contribution in [3.63, 3.8) is 0 Å². The first kappa shape index (κ1) is 37.5. The zero-order chi connectivity index (χ0) is 37.8. The topological polar surface area (TPSA) is 180 Å². The number of anilines is 1. The van der Waals surface area contributed by atoms with Crippen molar-refractivity contribution in [2.24, 2.45) is 4.99 Å². The summed E-state index contributed by atoms with van der Waals surface area (Å²) in [7, 11) is 1.78. The zero-order valence-corrected chi connectivity index (χ0v) is 31.4. The number of benzene rings is 2. The third-order valence-electron chi connectivity index (χ3n) is 9.46. The van der Waals surface area contributed by atoms with E-state index in [2.05, 4.69) is 45.5 Å². The number of aldehydes is 1. The number of amides is 4. The molecule has 6 rings (SSSR count). The lowest BCUT2D eigenvalue weighted by Gasteiger charge is -2.30. The number of aromatic nitrogens is 3. The van der Waals surface area contributed by atoms with Gasteiger partial charge in [-0.1, -0.05) is 35.9 Å². The molecule has 0 bridgehead atoms. The minimum absolute atomic E-state index is 0.0901. The molecule has 4 N–H and O–H groups in total. The van der Waals surface area contributed by atoms with E-state index in [1.807, 2.05) is 34.6 Å². The lowest BCUT2D eigenvalue weighted by molar-refractivity contribution is -0.137. The van der Waals surface area contributed by atoms with Crippen LogP contribution >= 0.6 is 22.9 Å². The second-order valence-corrected chi connectivity index (χ2v) is 14.7. The van der Waals surface area contributed by atoms with Crippen molar-refractivity contribution < 1.29 is 24.0 Å². The molecule has 1 unspecified atom stereocenters. The Balaban J connectivity index is 1.06. The molecular weight excluding hydrogens is 718 g/mol. The van der Waals surface area contributed by atoms with Gasteiger partial charge in [-0.3, -0.25) is 54.6 Å². The molecular formula is C37H40ClN9O5S. The minimum atomic E-state index is -0.687. The number of rotatable bonds is 12. The van der Waals surface area contributed by atoms with E-state index in [-0.39, 0.29) is 37.0 Å². The van der Waals surface area contributed by atoms with Gasteiger partial charge in [0.2, 0.25) is 23.6 Å². The van der Waals surface area contributed by atoms with Crippen molar-refractivity contribution in [3.8, 4) is 5.00 Å². The van der Waals surface area contributed by atoms with Crippen LogP contribution in [0.1, 0.15) is 87.3 Å². The molecule has 14 nitrogen and oxygen atoms in total. The van der Waals surface area contributed by atoms with E-state index in [1.54, 1.807) is 42.6 Å². The van der Waals surface area contributed by atoms with Gasteiger partial charge in [0.25, 0.3) is 0 Å². The SMILES string of the molecule is Cc1sc2c(c1C)C(c1ccc(Cl)cc1)=N[C@@H](CC(=O)NNC(=O)CCCNc1cccc(C=O)c1CN(C)C1CCC(=O)NC1=O)c1nnc(C)n1-2. The molecule has 0 saturated carbocycles. The van der Waals surface area contributed by atoms with Gasteiger partial charge in [-0.05, 0) is 70.0 Å². The van der Waals surface area contributed by atoms with Crippen molar-refractivity contribution in [1.82, 2.24) is 35.8 Å². The second-order valence-electron chi connectivity index (χ2n) is 13.1. The Bertz CT molecular complexity index is 2110. The molecule has 2 aromatic carbocycles. The number of hydrazine groups is 1. The second kappa shape index (κ2) is 16.2. The van der Waals surface area contributed by atoms with Crippen LogP contribution in [0.2, 0.25) is 5.02 Å². The Morgan fingerprint density at radius 1 is 1.08 bits per heavy atom. The van der Waals surface area contributed by atoms with Crippen molar-refractivity contribution in [2.45, 2.75) is 71.5 Å². The first-order chi connectivity index (χ1) is 25.4. The predicted molar refractivity (Wildman–Crippen MR) is 201 cm³/mol. The maximum Gasteiger partial charge on any atom is 0.243 e. The Hall–Kier alpha value is -5.25. The molecule has 2 aliphatic rings. The zero-order valence-electron chi connectivity index (χ0n) is 29.8. The van der Waals surface area contributed by atoms with E-state index < -0.39 is 18.0 Å². The number of hydrogen-bond acceptors (Lipinski definition) is 11. The van der Waals surface area contributed by atoms with E-state index in [1.165, 1.54) is 0 Å². The summed E-state index contributed by atoms with van der Waals surface area (Å²) in [6.45, 7) is 6.68. The highest BCUT2D eigenvalue weighted by Gasteiger charge is 2.33. The Labute approximate surface area is 315 Å². The maximum atomic E-state index is 13.3. The Kier molecular flexibility index (Phi) is 11.5. The molecule has 0 aliphatic carbocycles. The van der Waals surface area contributed by atoms with Gasteiger partial charge in [0.15, 0.2) is 5.82 Å². The van der Waals surface area contributed by atoms with Crippen LogP contribution in [-0.4, -0.2) is 74.9 Å². The normalized spacial score (nSPS) is 16.6. The molecule has 53 heavy (non-hydrogen) atoms. The smallest absolute Gasteiger partial charge is 0.243 e. The van der Waals surface area contributed by atoms with Crippen LogP contribution in [-0.2, 0) is 25.7 Å². The lowest BCUT2D eigenvalue weighted by atomic mass is 9.99. The Morgan fingerprint density at radius 2 is 1.83 bits per heavy atom. The van der Waals surface area contributed by atoms with Crippen LogP contribution in [0.25, 0.3) is 5.00 Å². The largest absolute Gasteiger partial charge is 0.385 e. The van der Waals surface area contributed by atoms with Gasteiger partial charge in [-0.25, -0.2) is 0 Å². The van der Waals surface area contributed by atoms with Crippen molar-refractivity contribution >= 4 is 64.3 Å². The molecule has 2 aromatic heterocycles. The van der Waals surface area contributed by atoms with Gasteiger partial charge in [-0.15, -0.1) is 21.5 Å². The van der Waals surface area contributed by atoms with Crippen molar-refractivity contribution in [1.29, 1.82) is 0 Å². The van der Waals surface area contributed by atoms with Crippen LogP contribution in [0.4, 0.5) is 5.69 Å². The average molecular weight is 758 g/mol. The molecule has 276 valence electrons. The Morgan fingerprint density at radius 3 is 2.57 bits per heavy atom. The number of aryl methyl sites for hydroxylation is 2. The highest BCUT2D eigenvalue weighted by molar-refractivity contribution is 7.15. The van der Waals surface area contributed by atoms with Crippen LogP contribution in [0, 0.1) is 20.8 Å². The lowest BCUT2D eigenvalue weighted by Crippen LogP contribution is -2.51. The summed E-state index contributed by atoms with van der Waals surface area (Å²) in [4.78, 5) is 69.9. The summed E-state index contributed by atoms with van der Waals surface area (Å²) in [6, 6.07) is 11.5. The van der Waals surface area contributed by atoms with Gasteiger partial charge in [-0.2, -0.15) is 0 Å². The molecule has 1 fully saturated rings. The summed E-state index contributed by atoms with van der Waals surface area (Å²) in [5.41, 5.74) is 10.5. The highest BCUT2D eigenvalue weighted by Crippen LogP contribution is 2.39. The maximum absolute atomic E-state index is 13.3. The molecule has 0 spiro atoms. The summed E-state index contributed by atoms with van der Waals surface area (Å²) < 4.78 is 1.96. The molecule has 4 heterocycles. The number of halogens is 1. The van der Waals surface area contributed by atoms with Crippen LogP contribution in [0.5, 0.6) is 0 Å². The number of fused-ring (bicyclic) bond motifs is 3.